The molecule has 0 aromatic heterocycles. The Bertz CT molecular complexity index is 730. The Morgan fingerprint density at radius 2 is 1.80 bits per heavy atom. The maximum Gasteiger partial charge on any atom is 0.292 e. The average Bonchev–Trinajstić information content (AvgIpc) is 2.77. The van der Waals surface area contributed by atoms with E-state index in [1.165, 1.54) is 37.8 Å². The number of amides is 1. The molecule has 2 fully saturated rings. The third kappa shape index (κ3) is 5.92. The van der Waals surface area contributed by atoms with Crippen LogP contribution in [0.5, 0.6) is 0 Å². The predicted molar refractivity (Wildman–Crippen MR) is 116 cm³/mol. The van der Waals surface area contributed by atoms with Gasteiger partial charge in [0, 0.05) is 37.7 Å². The molecular weight excluding hydrogens is 385 g/mol. The quantitative estimate of drug-likeness (QED) is 0.435. The lowest BCUT2D eigenvalue weighted by atomic mass is 9.82. The Morgan fingerprint density at radius 1 is 1.17 bits per heavy atom. The number of halogens is 1. The van der Waals surface area contributed by atoms with Gasteiger partial charge in [-0.3, -0.25) is 14.9 Å². The molecule has 1 N–H and O–H groups in total. The fraction of sp³-hybridized carbons (Fsp3) is 0.696. The zero-order valence-electron chi connectivity index (χ0n) is 17.9. The number of rotatable bonds is 8. The molecule has 166 valence electrons. The van der Waals surface area contributed by atoms with Crippen LogP contribution in [0.3, 0.4) is 0 Å². The summed E-state index contributed by atoms with van der Waals surface area (Å²) in [5.74, 6) is -0.0220. The normalized spacial score (nSPS) is 19.3. The van der Waals surface area contributed by atoms with E-state index in [9.17, 15) is 19.3 Å². The maximum atomic E-state index is 13.8. The number of carbonyl (C=O) groups excluding carboxylic acids is 1. The van der Waals surface area contributed by atoms with E-state index in [1.54, 1.807) is 0 Å². The Balaban J connectivity index is 1.69. The molecule has 0 saturated heterocycles. The smallest absolute Gasteiger partial charge is 0.292 e. The summed E-state index contributed by atoms with van der Waals surface area (Å²) in [5, 5.41) is 14.7. The topological polar surface area (TPSA) is 75.5 Å². The molecule has 0 heterocycles. The Hall–Kier alpha value is -2.18. The van der Waals surface area contributed by atoms with Crippen molar-refractivity contribution in [3.63, 3.8) is 0 Å². The molecule has 7 heteroatoms. The van der Waals surface area contributed by atoms with Gasteiger partial charge in [-0.25, -0.2) is 4.39 Å². The molecule has 0 unspecified atom stereocenters. The zero-order valence-corrected chi connectivity index (χ0v) is 17.9. The maximum absolute atomic E-state index is 13.8. The van der Waals surface area contributed by atoms with Crippen molar-refractivity contribution in [1.29, 1.82) is 0 Å². The molecule has 6 nitrogen and oxygen atoms in total. The molecule has 0 aliphatic heterocycles. The lowest BCUT2D eigenvalue weighted by Crippen LogP contribution is -2.39. The zero-order chi connectivity index (χ0) is 21.5. The average molecular weight is 420 g/mol. The molecule has 1 aromatic carbocycles. The van der Waals surface area contributed by atoms with Gasteiger partial charge in [-0.05, 0) is 44.1 Å². The summed E-state index contributed by atoms with van der Waals surface area (Å²) < 4.78 is 13.8. The van der Waals surface area contributed by atoms with Gasteiger partial charge < -0.3 is 10.2 Å². The number of nitrogens with zero attached hydrogens (tertiary/aromatic N) is 2. The molecule has 1 aromatic rings. The van der Waals surface area contributed by atoms with Gasteiger partial charge in [-0.1, -0.05) is 38.5 Å². The van der Waals surface area contributed by atoms with E-state index in [0.717, 1.165) is 44.6 Å². The van der Waals surface area contributed by atoms with E-state index in [0.29, 0.717) is 24.8 Å². The van der Waals surface area contributed by atoms with E-state index in [2.05, 4.69) is 5.32 Å². The van der Waals surface area contributed by atoms with E-state index in [4.69, 9.17) is 0 Å². The van der Waals surface area contributed by atoms with Crippen molar-refractivity contribution in [1.82, 2.24) is 4.90 Å². The number of nitro benzene ring substituents is 1. The van der Waals surface area contributed by atoms with Gasteiger partial charge in [0.15, 0.2) is 0 Å². The first-order valence-electron chi connectivity index (χ1n) is 11.4. The van der Waals surface area contributed by atoms with Gasteiger partial charge in [0.25, 0.3) is 5.69 Å². The number of hydrogen-bond acceptors (Lipinski definition) is 4. The molecule has 3 rings (SSSR count). The fourth-order valence-corrected chi connectivity index (χ4v) is 5.07. The third-order valence-corrected chi connectivity index (χ3v) is 6.90. The molecule has 0 bridgehead atoms. The summed E-state index contributed by atoms with van der Waals surface area (Å²) >= 11 is 0. The lowest BCUT2D eigenvalue weighted by Gasteiger charge is -2.34. The monoisotopic (exact) mass is 419 g/mol. The van der Waals surface area contributed by atoms with Gasteiger partial charge in [0.1, 0.15) is 11.5 Å². The minimum atomic E-state index is -0.501. The van der Waals surface area contributed by atoms with Crippen LogP contribution in [0.1, 0.15) is 77.0 Å². The summed E-state index contributed by atoms with van der Waals surface area (Å²) in [6, 6.07) is 3.77. The van der Waals surface area contributed by atoms with E-state index in [-0.39, 0.29) is 23.3 Å². The van der Waals surface area contributed by atoms with Crippen molar-refractivity contribution in [2.24, 2.45) is 5.92 Å². The van der Waals surface area contributed by atoms with Crippen molar-refractivity contribution in [2.75, 3.05) is 12.4 Å². The Labute approximate surface area is 178 Å². The van der Waals surface area contributed by atoms with Crippen molar-refractivity contribution in [3.05, 3.63) is 34.1 Å². The van der Waals surface area contributed by atoms with Crippen LogP contribution < -0.4 is 5.32 Å². The van der Waals surface area contributed by atoms with Gasteiger partial charge in [0.05, 0.1) is 4.92 Å². The van der Waals surface area contributed by atoms with Crippen molar-refractivity contribution < 1.29 is 14.1 Å². The number of nitrogens with one attached hydrogen (secondary N) is 1. The first-order valence-corrected chi connectivity index (χ1v) is 11.4. The number of benzene rings is 1. The molecule has 0 radical (unpaired) electrons. The Morgan fingerprint density at radius 3 is 2.43 bits per heavy atom. The number of anilines is 1. The predicted octanol–water partition coefficient (Wildman–Crippen LogP) is 5.67. The highest BCUT2D eigenvalue weighted by atomic mass is 19.1. The lowest BCUT2D eigenvalue weighted by molar-refractivity contribution is -0.384. The summed E-state index contributed by atoms with van der Waals surface area (Å²) in [4.78, 5) is 25.7. The van der Waals surface area contributed by atoms with E-state index in [1.807, 2.05) is 11.9 Å². The van der Waals surface area contributed by atoms with Crippen LogP contribution in [0, 0.1) is 21.8 Å². The highest BCUT2D eigenvalue weighted by Gasteiger charge is 2.28. The number of hydrogen-bond donors (Lipinski definition) is 1. The van der Waals surface area contributed by atoms with Crippen LogP contribution in [0.2, 0.25) is 0 Å². The summed E-state index contributed by atoms with van der Waals surface area (Å²) in [5.41, 5.74) is 0.0894. The molecule has 1 amide bonds. The van der Waals surface area contributed by atoms with Crippen LogP contribution in [0.25, 0.3) is 0 Å². The summed E-state index contributed by atoms with van der Waals surface area (Å²) in [6.07, 6.45) is 12.3. The van der Waals surface area contributed by atoms with Gasteiger partial charge in [0.2, 0.25) is 5.91 Å². The molecule has 2 aliphatic carbocycles. The molecule has 2 aliphatic rings. The van der Waals surface area contributed by atoms with Crippen LogP contribution in [0.15, 0.2) is 18.2 Å². The minimum Gasteiger partial charge on any atom is -0.376 e. The number of nitro groups is 1. The fourth-order valence-electron chi connectivity index (χ4n) is 5.07. The third-order valence-electron chi connectivity index (χ3n) is 6.90. The molecule has 30 heavy (non-hydrogen) atoms. The molecule has 0 spiro atoms. The summed E-state index contributed by atoms with van der Waals surface area (Å²) in [6.45, 7) is 0. The highest BCUT2D eigenvalue weighted by Crippen LogP contribution is 2.33. The first kappa shape index (κ1) is 22.5. The van der Waals surface area contributed by atoms with Gasteiger partial charge in [-0.15, -0.1) is 0 Å². The van der Waals surface area contributed by atoms with Crippen LogP contribution in [-0.4, -0.2) is 34.9 Å². The van der Waals surface area contributed by atoms with Crippen LogP contribution in [-0.2, 0) is 4.79 Å². The van der Waals surface area contributed by atoms with E-state index >= 15 is 0 Å². The molecular formula is C23H34FN3O3. The molecule has 1 atom stereocenters. The van der Waals surface area contributed by atoms with Gasteiger partial charge in [-0.2, -0.15) is 0 Å². The first-order chi connectivity index (χ1) is 14.5. The van der Waals surface area contributed by atoms with Crippen molar-refractivity contribution in [2.45, 2.75) is 89.1 Å². The second-order valence-electron chi connectivity index (χ2n) is 8.90. The molecule has 2 saturated carbocycles. The SMILES string of the molecule is CN(C(=O)CC[C@H](Nc1cc(F)ccc1[N+](=O)[O-])C1CCCCC1)C1CCCCC1. The van der Waals surface area contributed by atoms with Crippen molar-refractivity contribution in [3.8, 4) is 0 Å². The second kappa shape index (κ2) is 10.7. The van der Waals surface area contributed by atoms with Crippen LogP contribution >= 0.6 is 0 Å². The summed E-state index contributed by atoms with van der Waals surface area (Å²) in [7, 11) is 1.90. The number of carbonyl (C=O) groups is 1. The van der Waals surface area contributed by atoms with Crippen LogP contribution in [0.4, 0.5) is 15.8 Å². The largest absolute Gasteiger partial charge is 0.376 e. The standard InChI is InChI=1S/C23H34FN3O3/c1-26(19-10-6-3-7-11-19)23(28)15-13-20(17-8-4-2-5-9-17)25-21-16-18(24)12-14-22(21)27(29)30/h12,14,16-17,19-20,25H,2-11,13,15H2,1H3/t20-/m0/s1. The highest BCUT2D eigenvalue weighted by molar-refractivity contribution is 5.76. The van der Waals surface area contributed by atoms with Crippen molar-refractivity contribution >= 4 is 17.3 Å². The second-order valence-corrected chi connectivity index (χ2v) is 8.90. The Kier molecular flexibility index (Phi) is 8.05. The minimum absolute atomic E-state index is 0.0745. The van der Waals surface area contributed by atoms with Gasteiger partial charge >= 0.3 is 0 Å². The van der Waals surface area contributed by atoms with E-state index < -0.39 is 10.7 Å².